The topological polar surface area (TPSA) is 109 Å². The standard InChI is InChI=1S/C20H12F4N4O4/c21-14-5-4-12(32-20(22,23)24)9-13(14)18(29)26-10-2-1-3-11(8-10)31-15-6-7-25-17-16(15)27-19(30)28-17/h1-9H,(H,26,29)(H2,25,27,28,30). The summed E-state index contributed by atoms with van der Waals surface area (Å²) in [5, 5.41) is 2.38. The van der Waals surface area contributed by atoms with Crippen molar-refractivity contribution in [1.82, 2.24) is 15.0 Å². The van der Waals surface area contributed by atoms with Gasteiger partial charge in [-0.25, -0.2) is 14.2 Å². The smallest absolute Gasteiger partial charge is 0.455 e. The zero-order valence-corrected chi connectivity index (χ0v) is 15.8. The van der Waals surface area contributed by atoms with Crippen molar-refractivity contribution in [3.05, 3.63) is 76.6 Å². The van der Waals surface area contributed by atoms with Gasteiger partial charge in [0, 0.05) is 24.0 Å². The van der Waals surface area contributed by atoms with E-state index in [4.69, 9.17) is 4.74 Å². The summed E-state index contributed by atoms with van der Waals surface area (Å²) in [6.07, 6.45) is -3.56. The predicted molar refractivity (Wildman–Crippen MR) is 104 cm³/mol. The maximum Gasteiger partial charge on any atom is 0.573 e. The minimum atomic E-state index is -4.99. The van der Waals surface area contributed by atoms with E-state index in [1.54, 1.807) is 6.07 Å². The third-order valence-electron chi connectivity index (χ3n) is 4.12. The highest BCUT2D eigenvalue weighted by Gasteiger charge is 2.31. The number of ether oxygens (including phenoxy) is 2. The summed E-state index contributed by atoms with van der Waals surface area (Å²) in [4.78, 5) is 32.9. The molecule has 0 spiro atoms. The monoisotopic (exact) mass is 448 g/mol. The lowest BCUT2D eigenvalue weighted by atomic mass is 10.1. The van der Waals surface area contributed by atoms with Crippen LogP contribution in [0.15, 0.2) is 59.5 Å². The Morgan fingerprint density at radius 1 is 1.03 bits per heavy atom. The normalized spacial score (nSPS) is 11.4. The summed E-state index contributed by atoms with van der Waals surface area (Å²) in [6, 6.07) is 9.58. The molecule has 0 fully saturated rings. The van der Waals surface area contributed by atoms with E-state index in [9.17, 15) is 27.2 Å². The van der Waals surface area contributed by atoms with Gasteiger partial charge in [0.05, 0.1) is 5.56 Å². The van der Waals surface area contributed by atoms with Crippen molar-refractivity contribution in [2.45, 2.75) is 6.36 Å². The third kappa shape index (κ3) is 4.69. The first kappa shape index (κ1) is 20.9. The number of pyridine rings is 1. The molecule has 2 heterocycles. The molecule has 12 heteroatoms. The van der Waals surface area contributed by atoms with Crippen LogP contribution in [0.2, 0.25) is 0 Å². The molecular formula is C20H12F4N4O4. The Balaban J connectivity index is 1.55. The highest BCUT2D eigenvalue weighted by Crippen LogP contribution is 2.29. The second-order valence-corrected chi connectivity index (χ2v) is 6.39. The second kappa shape index (κ2) is 8.06. The molecule has 1 amide bonds. The molecule has 4 rings (SSSR count). The van der Waals surface area contributed by atoms with Gasteiger partial charge in [0.25, 0.3) is 5.91 Å². The Kier molecular flexibility index (Phi) is 5.26. The number of imidazole rings is 1. The summed E-state index contributed by atoms with van der Waals surface area (Å²) in [6.45, 7) is 0. The van der Waals surface area contributed by atoms with Crippen LogP contribution in [0, 0.1) is 5.82 Å². The summed E-state index contributed by atoms with van der Waals surface area (Å²) >= 11 is 0. The van der Waals surface area contributed by atoms with Crippen LogP contribution in [0.1, 0.15) is 10.4 Å². The number of H-pyrrole nitrogens is 2. The van der Waals surface area contributed by atoms with Gasteiger partial charge in [-0.3, -0.25) is 9.78 Å². The molecule has 0 radical (unpaired) electrons. The fourth-order valence-electron chi connectivity index (χ4n) is 2.84. The van der Waals surface area contributed by atoms with Crippen LogP contribution in [0.4, 0.5) is 23.2 Å². The van der Waals surface area contributed by atoms with Crippen LogP contribution in [-0.4, -0.2) is 27.2 Å². The largest absolute Gasteiger partial charge is 0.573 e. The van der Waals surface area contributed by atoms with Gasteiger partial charge in [-0.1, -0.05) is 6.07 Å². The molecule has 3 N–H and O–H groups in total. The summed E-state index contributed by atoms with van der Waals surface area (Å²) < 4.78 is 60.6. The fourth-order valence-corrected chi connectivity index (χ4v) is 2.84. The van der Waals surface area contributed by atoms with Gasteiger partial charge in [0.15, 0.2) is 11.4 Å². The highest BCUT2D eigenvalue weighted by molar-refractivity contribution is 6.04. The zero-order valence-electron chi connectivity index (χ0n) is 15.8. The van der Waals surface area contributed by atoms with Gasteiger partial charge in [-0.2, -0.15) is 0 Å². The number of hydrogen-bond acceptors (Lipinski definition) is 5. The van der Waals surface area contributed by atoms with E-state index in [1.165, 1.54) is 30.5 Å². The van der Waals surface area contributed by atoms with Crippen molar-refractivity contribution in [2.24, 2.45) is 0 Å². The van der Waals surface area contributed by atoms with E-state index in [0.717, 1.165) is 6.07 Å². The zero-order chi connectivity index (χ0) is 22.9. The number of benzene rings is 2. The van der Waals surface area contributed by atoms with Crippen LogP contribution >= 0.6 is 0 Å². The first-order valence-electron chi connectivity index (χ1n) is 8.89. The molecule has 0 aliphatic carbocycles. The molecule has 0 aliphatic rings. The lowest BCUT2D eigenvalue weighted by Gasteiger charge is -2.12. The second-order valence-electron chi connectivity index (χ2n) is 6.39. The van der Waals surface area contributed by atoms with E-state index >= 15 is 0 Å². The number of halogens is 4. The number of carbonyl (C=O) groups excluding carboxylic acids is 1. The number of carbonyl (C=O) groups is 1. The lowest BCUT2D eigenvalue weighted by molar-refractivity contribution is -0.274. The fraction of sp³-hybridized carbons (Fsp3) is 0.0500. The Morgan fingerprint density at radius 3 is 2.62 bits per heavy atom. The first-order valence-corrected chi connectivity index (χ1v) is 8.89. The maximum atomic E-state index is 14.0. The van der Waals surface area contributed by atoms with Gasteiger partial charge in [0.1, 0.15) is 22.8 Å². The quantitative estimate of drug-likeness (QED) is 0.394. The minimum absolute atomic E-state index is 0.182. The molecule has 0 saturated heterocycles. The number of anilines is 1. The molecule has 0 aliphatic heterocycles. The Labute approximate surface area is 175 Å². The number of aromatic amines is 2. The van der Waals surface area contributed by atoms with E-state index < -0.39 is 35.1 Å². The number of amides is 1. The predicted octanol–water partition coefficient (Wildman–Crippen LogP) is 4.33. The van der Waals surface area contributed by atoms with Crippen LogP contribution in [0.3, 0.4) is 0 Å². The van der Waals surface area contributed by atoms with Crippen molar-refractivity contribution in [1.29, 1.82) is 0 Å². The average molecular weight is 448 g/mol. The van der Waals surface area contributed by atoms with E-state index in [2.05, 4.69) is 25.0 Å². The van der Waals surface area contributed by atoms with Crippen LogP contribution in [0.25, 0.3) is 11.2 Å². The van der Waals surface area contributed by atoms with Gasteiger partial charge < -0.3 is 19.8 Å². The molecule has 2 aromatic carbocycles. The van der Waals surface area contributed by atoms with Crippen molar-refractivity contribution in [2.75, 3.05) is 5.32 Å². The van der Waals surface area contributed by atoms with Crippen LogP contribution in [0.5, 0.6) is 17.2 Å². The average Bonchev–Trinajstić information content (AvgIpc) is 3.10. The summed E-state index contributed by atoms with van der Waals surface area (Å²) in [5.41, 5.74) is -0.312. The van der Waals surface area contributed by atoms with E-state index in [0.29, 0.717) is 17.6 Å². The molecule has 0 unspecified atom stereocenters. The number of rotatable bonds is 5. The van der Waals surface area contributed by atoms with Crippen LogP contribution < -0.4 is 20.5 Å². The van der Waals surface area contributed by atoms with Crippen LogP contribution in [-0.2, 0) is 0 Å². The van der Waals surface area contributed by atoms with Gasteiger partial charge in [-0.15, -0.1) is 13.2 Å². The molecule has 0 atom stereocenters. The van der Waals surface area contributed by atoms with E-state index in [1.807, 2.05) is 0 Å². The minimum Gasteiger partial charge on any atom is -0.455 e. The number of nitrogens with zero attached hydrogens (tertiary/aromatic N) is 1. The molecule has 0 saturated carbocycles. The third-order valence-corrected chi connectivity index (χ3v) is 4.12. The molecule has 164 valence electrons. The molecule has 0 bridgehead atoms. The Morgan fingerprint density at radius 2 is 1.84 bits per heavy atom. The van der Waals surface area contributed by atoms with Gasteiger partial charge in [0.2, 0.25) is 0 Å². The van der Waals surface area contributed by atoms with Gasteiger partial charge in [-0.05, 0) is 30.3 Å². The summed E-state index contributed by atoms with van der Waals surface area (Å²) in [5.74, 6) is -2.22. The highest BCUT2D eigenvalue weighted by atomic mass is 19.4. The first-order chi connectivity index (χ1) is 15.2. The molecule has 4 aromatic rings. The van der Waals surface area contributed by atoms with Gasteiger partial charge >= 0.3 is 12.1 Å². The number of aromatic nitrogens is 3. The lowest BCUT2D eigenvalue weighted by Crippen LogP contribution is -2.18. The molecule has 2 aromatic heterocycles. The number of hydrogen-bond donors (Lipinski definition) is 3. The molecular weight excluding hydrogens is 436 g/mol. The number of fused-ring (bicyclic) bond motifs is 1. The Hall–Kier alpha value is -4.35. The molecule has 8 nitrogen and oxygen atoms in total. The van der Waals surface area contributed by atoms with Crippen molar-refractivity contribution >= 4 is 22.8 Å². The number of alkyl halides is 3. The Bertz CT molecular complexity index is 1360. The number of nitrogens with one attached hydrogen (secondary N) is 3. The molecule has 32 heavy (non-hydrogen) atoms. The van der Waals surface area contributed by atoms with Crippen molar-refractivity contribution in [3.63, 3.8) is 0 Å². The SMILES string of the molecule is O=C(Nc1cccc(Oc2ccnc3[nH]c(=O)[nH]c23)c1)c1cc(OC(F)(F)F)ccc1F. The van der Waals surface area contributed by atoms with E-state index in [-0.39, 0.29) is 22.8 Å². The maximum absolute atomic E-state index is 14.0. The van der Waals surface area contributed by atoms with Crippen molar-refractivity contribution < 1.29 is 31.8 Å². The van der Waals surface area contributed by atoms with Crippen molar-refractivity contribution in [3.8, 4) is 17.2 Å². The summed E-state index contributed by atoms with van der Waals surface area (Å²) in [7, 11) is 0.